The molecule has 0 aromatic carbocycles. The van der Waals surface area contributed by atoms with Crippen molar-refractivity contribution in [3.8, 4) is 0 Å². The summed E-state index contributed by atoms with van der Waals surface area (Å²) in [4.78, 5) is 4.04. The minimum atomic E-state index is 0.553. The summed E-state index contributed by atoms with van der Waals surface area (Å²) in [5.74, 6) is 0.553. The first-order valence-corrected chi connectivity index (χ1v) is 3.88. The summed E-state index contributed by atoms with van der Waals surface area (Å²) in [6, 6.07) is 2.12. The van der Waals surface area contributed by atoms with Gasteiger partial charge >= 0.3 is 0 Å². The molecule has 12 heavy (non-hydrogen) atoms. The molecular formula is C9H11N3. The van der Waals surface area contributed by atoms with Gasteiger partial charge in [0.25, 0.3) is 0 Å². The van der Waals surface area contributed by atoms with Gasteiger partial charge in [-0.1, -0.05) is 6.07 Å². The van der Waals surface area contributed by atoms with Crippen LogP contribution in [0.25, 0.3) is 5.52 Å². The molecule has 0 spiro atoms. The van der Waals surface area contributed by atoms with Gasteiger partial charge in [0.1, 0.15) is 0 Å². The molecule has 0 saturated heterocycles. The van der Waals surface area contributed by atoms with E-state index in [1.54, 1.807) is 6.20 Å². The fourth-order valence-electron chi connectivity index (χ4n) is 1.46. The quantitative estimate of drug-likeness (QED) is 0.636. The van der Waals surface area contributed by atoms with E-state index in [1.807, 2.05) is 17.5 Å². The number of imidazole rings is 1. The standard InChI is InChI=1S/C9H11N3/c1-6-3-7(2)8-4-11-9(10)12(8)5-6/h3-5H,1-2H3,(H2,10,11). The molecule has 0 aliphatic carbocycles. The van der Waals surface area contributed by atoms with Crippen molar-refractivity contribution in [2.24, 2.45) is 0 Å². The molecular weight excluding hydrogens is 150 g/mol. The molecule has 0 bridgehead atoms. The number of hydrogen-bond acceptors (Lipinski definition) is 2. The highest BCUT2D eigenvalue weighted by Crippen LogP contribution is 2.14. The minimum absolute atomic E-state index is 0.553. The summed E-state index contributed by atoms with van der Waals surface area (Å²) in [7, 11) is 0. The lowest BCUT2D eigenvalue weighted by molar-refractivity contribution is 1.13. The molecule has 2 aromatic heterocycles. The molecule has 2 aromatic rings. The van der Waals surface area contributed by atoms with Gasteiger partial charge in [0.2, 0.25) is 5.95 Å². The van der Waals surface area contributed by atoms with Gasteiger partial charge in [-0.2, -0.15) is 0 Å². The van der Waals surface area contributed by atoms with E-state index in [0.29, 0.717) is 5.95 Å². The van der Waals surface area contributed by atoms with Crippen molar-refractivity contribution < 1.29 is 0 Å². The lowest BCUT2D eigenvalue weighted by Crippen LogP contribution is -1.95. The maximum Gasteiger partial charge on any atom is 0.204 e. The molecule has 2 heterocycles. The number of nitrogen functional groups attached to an aromatic ring is 1. The van der Waals surface area contributed by atoms with Crippen molar-refractivity contribution >= 4 is 11.5 Å². The Labute approximate surface area is 70.8 Å². The van der Waals surface area contributed by atoms with Gasteiger partial charge in [0.15, 0.2) is 0 Å². The molecule has 0 atom stereocenters. The van der Waals surface area contributed by atoms with Gasteiger partial charge in [0, 0.05) is 6.20 Å². The zero-order valence-corrected chi connectivity index (χ0v) is 7.20. The Morgan fingerprint density at radius 1 is 1.42 bits per heavy atom. The Balaban J connectivity index is 2.92. The highest BCUT2D eigenvalue weighted by Gasteiger charge is 2.01. The third-order valence-corrected chi connectivity index (χ3v) is 2.01. The fraction of sp³-hybridized carbons (Fsp3) is 0.222. The van der Waals surface area contributed by atoms with Crippen LogP contribution in [0.4, 0.5) is 5.95 Å². The van der Waals surface area contributed by atoms with Crippen LogP contribution in [0.15, 0.2) is 18.5 Å². The molecule has 0 radical (unpaired) electrons. The Kier molecular flexibility index (Phi) is 1.33. The first-order chi connectivity index (χ1) is 5.68. The lowest BCUT2D eigenvalue weighted by Gasteiger charge is -2.01. The van der Waals surface area contributed by atoms with E-state index < -0.39 is 0 Å². The van der Waals surface area contributed by atoms with Gasteiger partial charge < -0.3 is 5.73 Å². The third-order valence-electron chi connectivity index (χ3n) is 2.01. The maximum absolute atomic E-state index is 5.67. The van der Waals surface area contributed by atoms with Gasteiger partial charge in [-0.25, -0.2) is 4.98 Å². The van der Waals surface area contributed by atoms with Crippen LogP contribution in [-0.2, 0) is 0 Å². The molecule has 0 saturated carbocycles. The van der Waals surface area contributed by atoms with Crippen molar-refractivity contribution in [2.75, 3.05) is 5.73 Å². The van der Waals surface area contributed by atoms with Crippen molar-refractivity contribution in [2.45, 2.75) is 13.8 Å². The van der Waals surface area contributed by atoms with Crippen molar-refractivity contribution in [3.05, 3.63) is 29.6 Å². The Morgan fingerprint density at radius 3 is 2.92 bits per heavy atom. The van der Waals surface area contributed by atoms with Gasteiger partial charge in [0.05, 0.1) is 11.7 Å². The third kappa shape index (κ3) is 0.863. The molecule has 3 heteroatoms. The van der Waals surface area contributed by atoms with E-state index in [2.05, 4.69) is 18.0 Å². The van der Waals surface area contributed by atoms with E-state index in [9.17, 15) is 0 Å². The van der Waals surface area contributed by atoms with Crippen LogP contribution in [-0.4, -0.2) is 9.38 Å². The Morgan fingerprint density at radius 2 is 2.17 bits per heavy atom. The van der Waals surface area contributed by atoms with E-state index in [0.717, 1.165) is 5.52 Å². The number of pyridine rings is 1. The SMILES string of the molecule is Cc1cc(C)c2cnc(N)n2c1. The zero-order chi connectivity index (χ0) is 8.72. The van der Waals surface area contributed by atoms with E-state index in [4.69, 9.17) is 5.73 Å². The average molecular weight is 161 g/mol. The van der Waals surface area contributed by atoms with Crippen LogP contribution in [0, 0.1) is 13.8 Å². The summed E-state index contributed by atoms with van der Waals surface area (Å²) >= 11 is 0. The normalized spacial score (nSPS) is 10.8. The molecule has 2 N–H and O–H groups in total. The number of nitrogens with two attached hydrogens (primary N) is 1. The number of fused-ring (bicyclic) bond motifs is 1. The lowest BCUT2D eigenvalue weighted by atomic mass is 10.2. The van der Waals surface area contributed by atoms with Crippen LogP contribution < -0.4 is 5.73 Å². The zero-order valence-electron chi connectivity index (χ0n) is 7.20. The molecule has 0 fully saturated rings. The van der Waals surface area contributed by atoms with Crippen LogP contribution in [0.5, 0.6) is 0 Å². The molecule has 0 aliphatic heterocycles. The summed E-state index contributed by atoms with van der Waals surface area (Å²) in [6.45, 7) is 4.11. The first kappa shape index (κ1) is 7.16. The fourth-order valence-corrected chi connectivity index (χ4v) is 1.46. The van der Waals surface area contributed by atoms with Crippen molar-refractivity contribution in [1.29, 1.82) is 0 Å². The highest BCUT2D eigenvalue weighted by molar-refractivity contribution is 5.57. The summed E-state index contributed by atoms with van der Waals surface area (Å²) in [6.07, 6.45) is 3.79. The second-order valence-corrected chi connectivity index (χ2v) is 3.07. The van der Waals surface area contributed by atoms with Gasteiger partial charge in [-0.15, -0.1) is 0 Å². The van der Waals surface area contributed by atoms with Crippen LogP contribution in [0.2, 0.25) is 0 Å². The predicted molar refractivity (Wildman–Crippen MR) is 49.1 cm³/mol. The smallest absolute Gasteiger partial charge is 0.204 e. The maximum atomic E-state index is 5.67. The first-order valence-electron chi connectivity index (χ1n) is 3.88. The van der Waals surface area contributed by atoms with Crippen LogP contribution >= 0.6 is 0 Å². The number of rotatable bonds is 0. The second-order valence-electron chi connectivity index (χ2n) is 3.07. The molecule has 2 rings (SSSR count). The van der Waals surface area contributed by atoms with E-state index in [1.165, 1.54) is 11.1 Å². The summed E-state index contributed by atoms with van der Waals surface area (Å²) in [5, 5.41) is 0. The van der Waals surface area contributed by atoms with Gasteiger partial charge in [-0.05, 0) is 25.0 Å². The minimum Gasteiger partial charge on any atom is -0.369 e. The number of hydrogen-bond donors (Lipinski definition) is 1. The predicted octanol–water partition coefficient (Wildman–Crippen LogP) is 1.53. The number of aryl methyl sites for hydroxylation is 2. The summed E-state index contributed by atoms with van der Waals surface area (Å²) < 4.78 is 1.91. The van der Waals surface area contributed by atoms with E-state index >= 15 is 0 Å². The molecule has 0 unspecified atom stereocenters. The monoisotopic (exact) mass is 161 g/mol. The number of nitrogens with zero attached hydrogens (tertiary/aromatic N) is 2. The number of aromatic nitrogens is 2. The average Bonchev–Trinajstić information content (AvgIpc) is 2.33. The van der Waals surface area contributed by atoms with Crippen LogP contribution in [0.1, 0.15) is 11.1 Å². The summed E-state index contributed by atoms with van der Waals surface area (Å²) in [5.41, 5.74) is 9.15. The molecule has 0 aliphatic rings. The molecule has 0 amide bonds. The van der Waals surface area contributed by atoms with Gasteiger partial charge in [-0.3, -0.25) is 4.40 Å². The molecule has 3 nitrogen and oxygen atoms in total. The Bertz CT molecular complexity index is 429. The Hall–Kier alpha value is -1.51. The van der Waals surface area contributed by atoms with Crippen molar-refractivity contribution in [1.82, 2.24) is 9.38 Å². The largest absolute Gasteiger partial charge is 0.369 e. The second kappa shape index (κ2) is 2.24. The molecule has 62 valence electrons. The van der Waals surface area contributed by atoms with Crippen LogP contribution in [0.3, 0.4) is 0 Å². The van der Waals surface area contributed by atoms with E-state index in [-0.39, 0.29) is 0 Å². The highest BCUT2D eigenvalue weighted by atomic mass is 15.1. The topological polar surface area (TPSA) is 43.3 Å². The van der Waals surface area contributed by atoms with Crippen molar-refractivity contribution in [3.63, 3.8) is 0 Å². The number of anilines is 1.